The smallest absolute Gasteiger partial charge is 0.341 e. The molecule has 1 N–H and O–H groups in total. The lowest BCUT2D eigenvalue weighted by Crippen LogP contribution is -2.58. The normalized spacial score (nSPS) is 18.7. The fourth-order valence-electron chi connectivity index (χ4n) is 4.81. The van der Waals surface area contributed by atoms with Crippen LogP contribution >= 0.6 is 11.3 Å². The van der Waals surface area contributed by atoms with Crippen LogP contribution in [0.5, 0.6) is 0 Å². The highest BCUT2D eigenvalue weighted by Crippen LogP contribution is 2.31. The Morgan fingerprint density at radius 1 is 1.28 bits per heavy atom. The van der Waals surface area contributed by atoms with E-state index in [-0.39, 0.29) is 30.3 Å². The first-order chi connectivity index (χ1) is 17.2. The third-order valence-corrected chi connectivity index (χ3v) is 9.13. The molecule has 36 heavy (non-hydrogen) atoms. The van der Waals surface area contributed by atoms with E-state index in [1.54, 1.807) is 11.6 Å². The van der Waals surface area contributed by atoms with E-state index in [1.165, 1.54) is 36.7 Å². The minimum atomic E-state index is -4.17. The van der Waals surface area contributed by atoms with Crippen LogP contribution in [0, 0.1) is 12.8 Å². The zero-order chi connectivity index (χ0) is 25.9. The van der Waals surface area contributed by atoms with Crippen molar-refractivity contribution in [2.24, 2.45) is 5.92 Å². The van der Waals surface area contributed by atoms with Crippen LogP contribution in [-0.2, 0) is 24.3 Å². The molecule has 2 aromatic rings. The molecule has 1 saturated heterocycles. The molecular weight excluding hydrogens is 508 g/mol. The Morgan fingerprint density at radius 3 is 2.67 bits per heavy atom. The molecule has 0 unspecified atom stereocenters. The van der Waals surface area contributed by atoms with Crippen LogP contribution in [0.1, 0.15) is 54.6 Å². The van der Waals surface area contributed by atoms with Gasteiger partial charge in [-0.2, -0.15) is 4.31 Å². The minimum absolute atomic E-state index is 0.00687. The van der Waals surface area contributed by atoms with Crippen molar-refractivity contribution in [1.82, 2.24) is 14.2 Å². The number of ether oxygens (including phenoxy) is 1. The number of carbonyl (C=O) groups is 3. The van der Waals surface area contributed by atoms with Crippen molar-refractivity contribution in [3.63, 3.8) is 0 Å². The number of rotatable bonds is 8. The van der Waals surface area contributed by atoms with Crippen LogP contribution < -0.4 is 5.32 Å². The molecule has 13 heteroatoms. The zero-order valence-corrected chi connectivity index (χ0v) is 21.9. The van der Waals surface area contributed by atoms with Crippen molar-refractivity contribution in [2.45, 2.75) is 56.6 Å². The number of sulfonamides is 1. The number of esters is 1. The number of hydrogen-bond donors (Lipinski definition) is 1. The van der Waals surface area contributed by atoms with Gasteiger partial charge in [0.05, 0.1) is 13.7 Å². The highest BCUT2D eigenvalue weighted by molar-refractivity contribution is 7.89. The number of aromatic nitrogens is 1. The van der Waals surface area contributed by atoms with E-state index in [0.29, 0.717) is 17.5 Å². The molecule has 4 rings (SSSR count). The highest BCUT2D eigenvalue weighted by Gasteiger charge is 2.40. The summed E-state index contributed by atoms with van der Waals surface area (Å²) in [5.74, 6) is -1.06. The SMILES string of the molecule is COC(=O)c1cc(S(=O)(=O)N2CCN([C@@H](CC3CCCCC3)C(=O)Nc3nccs3)C(=O)C2)oc1C. The Morgan fingerprint density at radius 2 is 2.03 bits per heavy atom. The van der Waals surface area contributed by atoms with E-state index in [0.717, 1.165) is 36.1 Å². The van der Waals surface area contributed by atoms with Crippen LogP contribution in [0.4, 0.5) is 5.13 Å². The number of methoxy groups -OCH3 is 1. The van der Waals surface area contributed by atoms with Crippen molar-refractivity contribution < 1.29 is 32.0 Å². The molecule has 0 spiro atoms. The van der Waals surface area contributed by atoms with E-state index >= 15 is 0 Å². The van der Waals surface area contributed by atoms with Gasteiger partial charge in [-0.3, -0.25) is 9.59 Å². The van der Waals surface area contributed by atoms with Gasteiger partial charge < -0.3 is 19.4 Å². The van der Waals surface area contributed by atoms with E-state index in [1.807, 2.05) is 0 Å². The van der Waals surface area contributed by atoms with Crippen molar-refractivity contribution in [2.75, 3.05) is 32.1 Å². The third-order valence-electron chi connectivity index (χ3n) is 6.74. The number of furan rings is 1. The molecule has 2 amide bonds. The molecule has 1 atom stereocenters. The molecule has 0 bridgehead atoms. The molecule has 11 nitrogen and oxygen atoms in total. The second-order valence-electron chi connectivity index (χ2n) is 9.03. The Kier molecular flexibility index (Phi) is 8.10. The van der Waals surface area contributed by atoms with Crippen LogP contribution in [0.15, 0.2) is 27.2 Å². The summed E-state index contributed by atoms with van der Waals surface area (Å²) in [5, 5.41) is 4.58. The van der Waals surface area contributed by atoms with Crippen molar-refractivity contribution in [3.8, 4) is 0 Å². The summed E-state index contributed by atoms with van der Waals surface area (Å²) in [6.45, 7) is 1.09. The molecular formula is C23H30N4O7S2. The number of amides is 2. The number of thiazole rings is 1. The summed E-state index contributed by atoms with van der Waals surface area (Å²) in [6, 6.07) is 0.395. The number of nitrogens with zero attached hydrogens (tertiary/aromatic N) is 3. The number of anilines is 1. The van der Waals surface area contributed by atoms with Crippen molar-refractivity contribution >= 4 is 44.3 Å². The van der Waals surface area contributed by atoms with Gasteiger partial charge in [-0.1, -0.05) is 32.1 Å². The van der Waals surface area contributed by atoms with Crippen molar-refractivity contribution in [3.05, 3.63) is 29.0 Å². The minimum Gasteiger partial charge on any atom is -0.465 e. The first-order valence-corrected chi connectivity index (χ1v) is 14.2. The average molecular weight is 539 g/mol. The number of nitrogens with one attached hydrogen (secondary N) is 1. The van der Waals surface area contributed by atoms with Gasteiger partial charge in [0.25, 0.3) is 10.0 Å². The van der Waals surface area contributed by atoms with E-state index < -0.39 is 39.6 Å². The molecule has 2 aromatic heterocycles. The van der Waals surface area contributed by atoms with Crippen molar-refractivity contribution in [1.29, 1.82) is 0 Å². The molecule has 0 radical (unpaired) electrons. The van der Waals surface area contributed by atoms with Gasteiger partial charge in [-0.15, -0.1) is 11.3 Å². The number of aryl methyl sites for hydroxylation is 1. The average Bonchev–Trinajstić information content (AvgIpc) is 3.52. The Hall–Kier alpha value is -2.77. The Balaban J connectivity index is 1.50. The Labute approximate surface area is 213 Å². The van der Waals surface area contributed by atoms with Crippen LogP contribution in [-0.4, -0.2) is 73.2 Å². The van der Waals surface area contributed by atoms with Gasteiger partial charge >= 0.3 is 5.97 Å². The second-order valence-corrected chi connectivity index (χ2v) is 11.8. The number of piperazine rings is 1. The predicted molar refractivity (Wildman–Crippen MR) is 131 cm³/mol. The predicted octanol–water partition coefficient (Wildman–Crippen LogP) is 2.64. The number of carbonyl (C=O) groups excluding carboxylic acids is 3. The second kappa shape index (κ2) is 11.1. The maximum absolute atomic E-state index is 13.2. The van der Waals surface area contributed by atoms with Gasteiger partial charge in [0.1, 0.15) is 17.4 Å². The number of hydrogen-bond acceptors (Lipinski definition) is 9. The van der Waals surface area contributed by atoms with Gasteiger partial charge in [0.15, 0.2) is 5.13 Å². The van der Waals surface area contributed by atoms with Gasteiger partial charge in [0.2, 0.25) is 16.9 Å². The standard InChI is InChI=1S/C23H30N4O7S2/c1-15-17(22(30)33-2)13-20(34-15)36(31,32)26-9-10-27(19(28)14-26)18(12-16-6-4-3-5-7-16)21(29)25-23-24-8-11-35-23/h8,11,13,16,18H,3-7,9-10,12,14H2,1-2H3,(H,24,25,29)/t18-/m0/s1. The first-order valence-electron chi connectivity index (χ1n) is 11.9. The lowest BCUT2D eigenvalue weighted by molar-refractivity contribution is -0.142. The topological polar surface area (TPSA) is 139 Å². The van der Waals surface area contributed by atoms with Gasteiger partial charge in [0, 0.05) is 30.7 Å². The molecule has 2 aliphatic rings. The summed E-state index contributed by atoms with van der Waals surface area (Å²) >= 11 is 1.29. The summed E-state index contributed by atoms with van der Waals surface area (Å²) in [5.41, 5.74) is 0.00689. The third kappa shape index (κ3) is 5.62. The lowest BCUT2D eigenvalue weighted by atomic mass is 9.84. The fourth-order valence-corrected chi connectivity index (χ4v) is 6.70. The van der Waals surface area contributed by atoms with E-state index in [9.17, 15) is 22.8 Å². The molecule has 1 aliphatic carbocycles. The largest absolute Gasteiger partial charge is 0.465 e. The molecule has 0 aromatic carbocycles. The van der Waals surface area contributed by atoms with Gasteiger partial charge in [-0.25, -0.2) is 18.2 Å². The molecule has 196 valence electrons. The van der Waals surface area contributed by atoms with E-state index in [4.69, 9.17) is 4.42 Å². The molecule has 1 saturated carbocycles. The molecule has 2 fully saturated rings. The monoisotopic (exact) mass is 538 g/mol. The van der Waals surface area contributed by atoms with Gasteiger partial charge in [-0.05, 0) is 19.3 Å². The maximum Gasteiger partial charge on any atom is 0.341 e. The van der Waals surface area contributed by atoms with Crippen LogP contribution in [0.25, 0.3) is 0 Å². The molecule has 3 heterocycles. The fraction of sp³-hybridized carbons (Fsp3) is 0.565. The highest BCUT2D eigenvalue weighted by atomic mass is 32.2. The summed E-state index contributed by atoms with van der Waals surface area (Å²) in [4.78, 5) is 43.9. The molecule has 1 aliphatic heterocycles. The summed E-state index contributed by atoms with van der Waals surface area (Å²) < 4.78 is 37.4. The summed E-state index contributed by atoms with van der Waals surface area (Å²) in [6.07, 6.45) is 7.49. The zero-order valence-electron chi connectivity index (χ0n) is 20.3. The maximum atomic E-state index is 13.2. The van der Waals surface area contributed by atoms with Crippen LogP contribution in [0.2, 0.25) is 0 Å². The quantitative estimate of drug-likeness (QED) is 0.506. The lowest BCUT2D eigenvalue weighted by Gasteiger charge is -2.39. The van der Waals surface area contributed by atoms with E-state index in [2.05, 4.69) is 15.0 Å². The van der Waals surface area contributed by atoms with Crippen LogP contribution in [0.3, 0.4) is 0 Å². The first kappa shape index (κ1) is 26.3. The summed E-state index contributed by atoms with van der Waals surface area (Å²) in [7, 11) is -2.98. The Bertz CT molecular complexity index is 1200.